The molecule has 0 spiro atoms. The minimum atomic E-state index is -2.88. The Balaban J connectivity index is 1.13. The van der Waals surface area contributed by atoms with Gasteiger partial charge in [0.1, 0.15) is 12.4 Å². The van der Waals surface area contributed by atoms with Crippen molar-refractivity contribution in [1.29, 1.82) is 0 Å². The molecule has 41 heavy (non-hydrogen) atoms. The van der Waals surface area contributed by atoms with Gasteiger partial charge in [0.25, 0.3) is 0 Å². The first-order valence-corrected chi connectivity index (χ1v) is 17.0. The molecule has 1 saturated carbocycles. The van der Waals surface area contributed by atoms with E-state index in [9.17, 15) is 18.3 Å². The Hall–Kier alpha value is -2.95. The molecule has 1 N–H and O–H groups in total. The number of piperidine rings is 1. The SMILES string of the molecule is Cc1cc(CN2CCS(=O)(=O)CC2)ccc1COc1c(C)cccc1-c1csc(N2CC3CCC(C2)C3C(=O)O)n1. The summed E-state index contributed by atoms with van der Waals surface area (Å²) in [4.78, 5) is 21.2. The van der Waals surface area contributed by atoms with Gasteiger partial charge in [-0.15, -0.1) is 11.3 Å². The van der Waals surface area contributed by atoms with Crippen molar-refractivity contribution in [3.8, 4) is 17.0 Å². The monoisotopic (exact) mass is 595 g/mol. The second-order valence-corrected chi connectivity index (χ2v) is 15.0. The minimum Gasteiger partial charge on any atom is -0.488 e. The van der Waals surface area contributed by atoms with Crippen LogP contribution in [0.4, 0.5) is 5.13 Å². The second-order valence-electron chi connectivity index (χ2n) is 11.8. The molecule has 10 heteroatoms. The number of carboxylic acid groups (broad SMARTS) is 1. The molecule has 3 heterocycles. The zero-order chi connectivity index (χ0) is 28.7. The van der Waals surface area contributed by atoms with E-state index in [4.69, 9.17) is 9.72 Å². The Morgan fingerprint density at radius 1 is 1.07 bits per heavy atom. The summed E-state index contributed by atoms with van der Waals surface area (Å²) in [6, 6.07) is 12.5. The number of thiazole rings is 1. The van der Waals surface area contributed by atoms with Gasteiger partial charge in [0.2, 0.25) is 0 Å². The van der Waals surface area contributed by atoms with Crippen molar-refractivity contribution in [3.63, 3.8) is 0 Å². The lowest BCUT2D eigenvalue weighted by molar-refractivity contribution is -0.144. The van der Waals surface area contributed by atoms with E-state index in [0.717, 1.165) is 71.3 Å². The van der Waals surface area contributed by atoms with Crippen LogP contribution in [0.3, 0.4) is 0 Å². The third-order valence-electron chi connectivity index (χ3n) is 8.99. The summed E-state index contributed by atoms with van der Waals surface area (Å²) >= 11 is 1.61. The van der Waals surface area contributed by atoms with Crippen LogP contribution >= 0.6 is 11.3 Å². The average molecular weight is 596 g/mol. The normalized spacial score (nSPS) is 24.0. The van der Waals surface area contributed by atoms with Gasteiger partial charge >= 0.3 is 5.97 Å². The highest BCUT2D eigenvalue weighted by molar-refractivity contribution is 7.91. The Labute approximate surface area is 245 Å². The van der Waals surface area contributed by atoms with Gasteiger partial charge in [-0.3, -0.25) is 9.69 Å². The number of aliphatic carboxylic acids is 1. The summed E-state index contributed by atoms with van der Waals surface area (Å²) < 4.78 is 29.9. The molecule has 2 atom stereocenters. The average Bonchev–Trinajstić information content (AvgIpc) is 3.53. The molecular formula is C31H37N3O5S2. The summed E-state index contributed by atoms with van der Waals surface area (Å²) in [6.07, 6.45) is 1.96. The topological polar surface area (TPSA) is 100 Å². The number of hydrogen-bond acceptors (Lipinski definition) is 8. The fourth-order valence-electron chi connectivity index (χ4n) is 6.70. The smallest absolute Gasteiger partial charge is 0.307 e. The number of carboxylic acids is 1. The lowest BCUT2D eigenvalue weighted by Crippen LogP contribution is -2.44. The molecule has 3 aliphatic rings. The third kappa shape index (κ3) is 6.01. The van der Waals surface area contributed by atoms with Crippen LogP contribution in [0.5, 0.6) is 5.75 Å². The summed E-state index contributed by atoms with van der Waals surface area (Å²) in [5.74, 6) is 0.825. The van der Waals surface area contributed by atoms with E-state index in [1.54, 1.807) is 11.3 Å². The van der Waals surface area contributed by atoms with E-state index in [0.29, 0.717) is 19.7 Å². The molecule has 0 radical (unpaired) electrons. The third-order valence-corrected chi connectivity index (χ3v) is 11.5. The Morgan fingerprint density at radius 3 is 2.49 bits per heavy atom. The summed E-state index contributed by atoms with van der Waals surface area (Å²) in [7, 11) is -2.88. The van der Waals surface area contributed by atoms with E-state index in [1.807, 2.05) is 6.07 Å². The maximum Gasteiger partial charge on any atom is 0.307 e. The van der Waals surface area contributed by atoms with Crippen LogP contribution in [0.25, 0.3) is 11.3 Å². The number of sulfone groups is 1. The number of nitrogens with zero attached hydrogens (tertiary/aromatic N) is 3. The van der Waals surface area contributed by atoms with Crippen LogP contribution in [0.15, 0.2) is 41.8 Å². The van der Waals surface area contributed by atoms with Gasteiger partial charge in [0, 0.05) is 43.7 Å². The van der Waals surface area contributed by atoms with Crippen LogP contribution in [0.1, 0.15) is 35.1 Å². The van der Waals surface area contributed by atoms with Gasteiger partial charge in [0.15, 0.2) is 15.0 Å². The molecule has 2 unspecified atom stereocenters. The van der Waals surface area contributed by atoms with Gasteiger partial charge in [-0.2, -0.15) is 0 Å². The number of carbonyl (C=O) groups is 1. The maximum absolute atomic E-state index is 11.8. The number of ether oxygens (including phenoxy) is 1. The molecule has 1 aliphatic carbocycles. The fourth-order valence-corrected chi connectivity index (χ4v) is 8.82. The molecule has 6 rings (SSSR count). The standard InChI is InChI=1S/C31H37N3O5S2/c1-20-4-3-5-26(27-19-40-31(32-27)34-16-23-8-9-24(17-34)28(23)30(35)36)29(20)39-18-25-7-6-22(14-21(25)2)15-33-10-12-41(37,38)13-11-33/h3-7,14,19,23-24,28H,8-13,15-18H2,1-2H3,(H,35,36). The van der Waals surface area contributed by atoms with E-state index in [2.05, 4.69) is 59.4 Å². The number of rotatable bonds is 8. The van der Waals surface area contributed by atoms with E-state index in [1.165, 1.54) is 5.56 Å². The Bertz CT molecular complexity index is 1520. The lowest BCUT2D eigenvalue weighted by Gasteiger charge is -2.35. The van der Waals surface area contributed by atoms with Crippen molar-refractivity contribution in [2.75, 3.05) is 42.6 Å². The first-order valence-electron chi connectivity index (χ1n) is 14.3. The lowest BCUT2D eigenvalue weighted by atomic mass is 9.85. The van der Waals surface area contributed by atoms with Gasteiger partial charge in [-0.1, -0.05) is 30.3 Å². The summed E-state index contributed by atoms with van der Waals surface area (Å²) in [5, 5.41) is 12.7. The highest BCUT2D eigenvalue weighted by Crippen LogP contribution is 2.44. The minimum absolute atomic E-state index is 0.196. The molecule has 2 aromatic carbocycles. The first kappa shape index (κ1) is 28.2. The number of para-hydroxylation sites is 1. The highest BCUT2D eigenvalue weighted by Gasteiger charge is 2.46. The second kappa shape index (κ2) is 11.4. The van der Waals surface area contributed by atoms with Crippen molar-refractivity contribution < 1.29 is 23.1 Å². The number of hydrogen-bond donors (Lipinski definition) is 1. The predicted octanol–water partition coefficient (Wildman–Crippen LogP) is 4.78. The number of aryl methyl sites for hydroxylation is 2. The molecule has 3 aromatic rings. The number of aromatic nitrogens is 1. The quantitative estimate of drug-likeness (QED) is 0.397. The van der Waals surface area contributed by atoms with Crippen LogP contribution in [0.2, 0.25) is 0 Å². The van der Waals surface area contributed by atoms with E-state index in [-0.39, 0.29) is 29.3 Å². The molecule has 1 aromatic heterocycles. The van der Waals surface area contributed by atoms with E-state index >= 15 is 0 Å². The number of fused-ring (bicyclic) bond motifs is 2. The molecule has 2 bridgehead atoms. The van der Waals surface area contributed by atoms with Crippen LogP contribution in [-0.2, 0) is 27.8 Å². The maximum atomic E-state index is 11.8. The number of benzene rings is 2. The summed E-state index contributed by atoms with van der Waals surface area (Å²) in [5.41, 5.74) is 6.33. The largest absolute Gasteiger partial charge is 0.488 e. The fraction of sp³-hybridized carbons (Fsp3) is 0.484. The van der Waals surface area contributed by atoms with Crippen molar-refractivity contribution in [1.82, 2.24) is 9.88 Å². The van der Waals surface area contributed by atoms with Crippen molar-refractivity contribution in [2.24, 2.45) is 17.8 Å². The van der Waals surface area contributed by atoms with Crippen LogP contribution in [-0.4, -0.2) is 67.1 Å². The van der Waals surface area contributed by atoms with E-state index < -0.39 is 15.8 Å². The van der Waals surface area contributed by atoms with Crippen molar-refractivity contribution in [3.05, 3.63) is 64.0 Å². The predicted molar refractivity (Wildman–Crippen MR) is 161 cm³/mol. The van der Waals surface area contributed by atoms with Crippen molar-refractivity contribution >= 4 is 32.3 Å². The molecular weight excluding hydrogens is 558 g/mol. The number of anilines is 1. The molecule has 3 fully saturated rings. The van der Waals surface area contributed by atoms with Crippen LogP contribution < -0.4 is 9.64 Å². The zero-order valence-corrected chi connectivity index (χ0v) is 25.2. The highest BCUT2D eigenvalue weighted by atomic mass is 32.2. The van der Waals surface area contributed by atoms with Gasteiger partial charge < -0.3 is 14.7 Å². The van der Waals surface area contributed by atoms with Crippen LogP contribution in [0, 0.1) is 31.6 Å². The molecule has 2 saturated heterocycles. The molecule has 8 nitrogen and oxygen atoms in total. The van der Waals surface area contributed by atoms with Crippen molar-refractivity contribution in [2.45, 2.75) is 39.8 Å². The Morgan fingerprint density at radius 2 is 1.80 bits per heavy atom. The Kier molecular flexibility index (Phi) is 7.82. The summed E-state index contributed by atoms with van der Waals surface area (Å²) in [6.45, 7) is 8.01. The molecule has 0 amide bonds. The zero-order valence-electron chi connectivity index (χ0n) is 23.6. The van der Waals surface area contributed by atoms with Gasteiger partial charge in [-0.25, -0.2) is 13.4 Å². The van der Waals surface area contributed by atoms with Gasteiger partial charge in [0.05, 0.1) is 23.1 Å². The first-order chi connectivity index (χ1) is 19.7. The molecule has 218 valence electrons. The molecule has 2 aliphatic heterocycles. The van der Waals surface area contributed by atoms with Gasteiger partial charge in [-0.05, 0) is 66.8 Å².